The molecule has 0 unspecified atom stereocenters. The molecule has 1 heterocycles. The van der Waals surface area contributed by atoms with Crippen molar-refractivity contribution in [3.05, 3.63) is 26.4 Å². The van der Waals surface area contributed by atoms with E-state index >= 15 is 0 Å². The Morgan fingerprint density at radius 2 is 1.79 bits per heavy atom. The van der Waals surface area contributed by atoms with Gasteiger partial charge < -0.3 is 5.11 Å². The Morgan fingerprint density at radius 3 is 2.33 bits per heavy atom. The Bertz CT molecular complexity index is 877. The average molecular weight is 333 g/mol. The van der Waals surface area contributed by atoms with Gasteiger partial charge in [-0.1, -0.05) is 20.8 Å². The van der Waals surface area contributed by atoms with E-state index < -0.39 is 28.6 Å². The number of rotatable bonds is 2. The molecule has 24 heavy (non-hydrogen) atoms. The molecule has 1 aromatic rings. The predicted molar refractivity (Wildman–Crippen MR) is 89.6 cm³/mol. The summed E-state index contributed by atoms with van der Waals surface area (Å²) in [7, 11) is 2.72. The molecule has 2 bridgehead atoms. The molecule has 0 aliphatic heterocycles. The third-order valence-corrected chi connectivity index (χ3v) is 6.53. The molecule has 3 rings (SSSR count). The van der Waals surface area contributed by atoms with Crippen molar-refractivity contribution in [3.8, 4) is 5.88 Å². The zero-order chi connectivity index (χ0) is 18.0. The van der Waals surface area contributed by atoms with Crippen molar-refractivity contribution in [2.24, 2.45) is 35.8 Å². The second kappa shape index (κ2) is 4.91. The van der Waals surface area contributed by atoms with Crippen LogP contribution in [0.4, 0.5) is 0 Å². The maximum absolute atomic E-state index is 12.8. The molecular weight excluding hydrogens is 310 g/mol. The second-order valence-corrected chi connectivity index (χ2v) is 7.73. The maximum atomic E-state index is 12.8. The minimum absolute atomic E-state index is 0.0712. The fraction of sp³-hybridized carbons (Fsp3) is 0.647. The van der Waals surface area contributed by atoms with Crippen LogP contribution in [0.5, 0.6) is 5.88 Å². The fourth-order valence-corrected chi connectivity index (χ4v) is 4.34. The maximum Gasteiger partial charge on any atom is 0.333 e. The van der Waals surface area contributed by atoms with Crippen molar-refractivity contribution in [1.82, 2.24) is 9.13 Å². The van der Waals surface area contributed by atoms with Gasteiger partial charge in [0, 0.05) is 25.7 Å². The summed E-state index contributed by atoms with van der Waals surface area (Å²) in [5.41, 5.74) is -1.84. The molecule has 0 saturated heterocycles. The molecule has 3 atom stereocenters. The van der Waals surface area contributed by atoms with Crippen LogP contribution in [0.15, 0.2) is 14.6 Å². The number of aromatic hydroxyl groups is 1. The van der Waals surface area contributed by atoms with Gasteiger partial charge in [0.1, 0.15) is 11.6 Å². The van der Waals surface area contributed by atoms with Crippen molar-refractivity contribution >= 4 is 12.0 Å². The highest BCUT2D eigenvalue weighted by Gasteiger charge is 2.66. The number of aliphatic imine (C=N–C) groups is 1. The number of carbonyl (C=O) groups excluding carboxylic acids is 1. The summed E-state index contributed by atoms with van der Waals surface area (Å²) in [5.74, 6) is -0.209. The van der Waals surface area contributed by atoms with Gasteiger partial charge in [0.2, 0.25) is 5.88 Å². The highest BCUT2D eigenvalue weighted by Crippen LogP contribution is 2.64. The van der Waals surface area contributed by atoms with Crippen LogP contribution >= 0.6 is 0 Å². The van der Waals surface area contributed by atoms with Gasteiger partial charge in [-0.2, -0.15) is 0 Å². The fourth-order valence-electron chi connectivity index (χ4n) is 4.34. The highest BCUT2D eigenvalue weighted by atomic mass is 16.3. The average Bonchev–Trinajstić information content (AvgIpc) is 2.84. The van der Waals surface area contributed by atoms with Crippen molar-refractivity contribution in [3.63, 3.8) is 0 Å². The number of hydrogen-bond acceptors (Lipinski definition) is 5. The molecule has 0 aromatic carbocycles. The van der Waals surface area contributed by atoms with Gasteiger partial charge in [-0.15, -0.1) is 0 Å². The zero-order valence-corrected chi connectivity index (χ0v) is 14.7. The van der Waals surface area contributed by atoms with Gasteiger partial charge in [-0.05, 0) is 24.2 Å². The van der Waals surface area contributed by atoms with E-state index in [0.29, 0.717) is 0 Å². The summed E-state index contributed by atoms with van der Waals surface area (Å²) >= 11 is 0. The minimum atomic E-state index is -0.625. The summed E-state index contributed by atoms with van der Waals surface area (Å²) in [6.07, 6.45) is 3.04. The van der Waals surface area contributed by atoms with E-state index in [1.807, 2.05) is 6.92 Å². The van der Waals surface area contributed by atoms with Gasteiger partial charge in [-0.25, -0.2) is 4.79 Å². The Morgan fingerprint density at radius 1 is 1.17 bits per heavy atom. The monoisotopic (exact) mass is 333 g/mol. The summed E-state index contributed by atoms with van der Waals surface area (Å²) in [5, 5.41) is 10.1. The van der Waals surface area contributed by atoms with Crippen LogP contribution in [0.3, 0.4) is 0 Å². The SMILES string of the molecule is Cn1c(O)c(C=N[C@@H]2C(=O)[C@]3(C)CC[C@H]2C3(C)C)c(=O)n(C)c1=O. The van der Waals surface area contributed by atoms with E-state index in [2.05, 4.69) is 18.8 Å². The van der Waals surface area contributed by atoms with E-state index in [9.17, 15) is 19.5 Å². The van der Waals surface area contributed by atoms with E-state index in [1.54, 1.807) is 0 Å². The summed E-state index contributed by atoms with van der Waals surface area (Å²) in [6.45, 7) is 6.19. The number of fused-ring (bicyclic) bond motifs is 2. The van der Waals surface area contributed by atoms with E-state index in [-0.39, 0.29) is 22.7 Å². The normalized spacial score (nSPS) is 31.3. The molecule has 130 valence electrons. The molecule has 7 heteroatoms. The van der Waals surface area contributed by atoms with Gasteiger partial charge in [-0.3, -0.25) is 23.7 Å². The van der Waals surface area contributed by atoms with Crippen LogP contribution in [-0.4, -0.2) is 32.3 Å². The minimum Gasteiger partial charge on any atom is -0.494 e. The summed E-state index contributed by atoms with van der Waals surface area (Å²) < 4.78 is 1.89. The second-order valence-electron chi connectivity index (χ2n) is 7.73. The standard InChI is InChI=1S/C17H23N3O4/c1-16(2)10-6-7-17(16,3)12(21)11(10)18-8-9-13(22)19(4)15(24)20(5)14(9)23/h8,10-11,22H,6-7H2,1-5H3/t10-,11+,17+/m1/s1. The number of aromatic nitrogens is 2. The number of ketones is 1. The van der Waals surface area contributed by atoms with Gasteiger partial charge >= 0.3 is 5.69 Å². The van der Waals surface area contributed by atoms with Crippen molar-refractivity contribution in [2.45, 2.75) is 39.7 Å². The zero-order valence-electron chi connectivity index (χ0n) is 14.7. The van der Waals surface area contributed by atoms with Crippen LogP contribution in [0, 0.1) is 16.7 Å². The lowest BCUT2D eigenvalue weighted by atomic mass is 9.70. The predicted octanol–water partition coefficient (Wildman–Crippen LogP) is 0.602. The third kappa shape index (κ3) is 1.84. The quantitative estimate of drug-likeness (QED) is 0.802. The molecule has 1 N–H and O–H groups in total. The first-order chi connectivity index (χ1) is 11.0. The molecular formula is C17H23N3O4. The van der Waals surface area contributed by atoms with Crippen LogP contribution in [-0.2, 0) is 18.9 Å². The number of Topliss-reactive ketones (excluding diaryl/α,β-unsaturated/α-hetero) is 1. The molecule has 0 radical (unpaired) electrons. The Labute approximate surface area is 139 Å². The first-order valence-electron chi connectivity index (χ1n) is 8.10. The molecule has 2 fully saturated rings. The van der Waals surface area contributed by atoms with Crippen LogP contribution in [0.1, 0.15) is 39.2 Å². The largest absolute Gasteiger partial charge is 0.494 e. The van der Waals surface area contributed by atoms with Crippen molar-refractivity contribution in [1.29, 1.82) is 0 Å². The smallest absolute Gasteiger partial charge is 0.333 e. The summed E-state index contributed by atoms with van der Waals surface area (Å²) in [4.78, 5) is 41.1. The third-order valence-electron chi connectivity index (χ3n) is 6.53. The van der Waals surface area contributed by atoms with Gasteiger partial charge in [0.05, 0.1) is 0 Å². The van der Waals surface area contributed by atoms with Crippen LogP contribution < -0.4 is 11.2 Å². The molecule has 7 nitrogen and oxygen atoms in total. The Balaban J connectivity index is 2.04. The number of carbonyl (C=O) groups is 1. The van der Waals surface area contributed by atoms with E-state index in [0.717, 1.165) is 22.0 Å². The van der Waals surface area contributed by atoms with Crippen molar-refractivity contribution < 1.29 is 9.90 Å². The first kappa shape index (κ1) is 16.7. The molecule has 1 aromatic heterocycles. The molecule has 2 aliphatic rings. The number of nitrogens with zero attached hydrogens (tertiary/aromatic N) is 3. The Kier molecular flexibility index (Phi) is 3.41. The lowest BCUT2D eigenvalue weighted by Crippen LogP contribution is -2.39. The van der Waals surface area contributed by atoms with Crippen LogP contribution in [0.25, 0.3) is 0 Å². The van der Waals surface area contributed by atoms with Gasteiger partial charge in [0.15, 0.2) is 5.78 Å². The molecule has 2 aliphatic carbocycles. The lowest BCUT2D eigenvalue weighted by Gasteiger charge is -2.31. The van der Waals surface area contributed by atoms with E-state index in [1.165, 1.54) is 20.3 Å². The topological polar surface area (TPSA) is 93.7 Å². The van der Waals surface area contributed by atoms with E-state index in [4.69, 9.17) is 0 Å². The Hall–Kier alpha value is -2.18. The molecule has 0 amide bonds. The lowest BCUT2D eigenvalue weighted by molar-refractivity contribution is -0.129. The molecule has 2 saturated carbocycles. The number of hydrogen-bond donors (Lipinski definition) is 1. The summed E-state index contributed by atoms with van der Waals surface area (Å²) in [6, 6.07) is -0.500. The highest BCUT2D eigenvalue weighted by molar-refractivity contribution is 5.96. The van der Waals surface area contributed by atoms with Gasteiger partial charge in [0.25, 0.3) is 5.56 Å². The first-order valence-corrected chi connectivity index (χ1v) is 8.10. The van der Waals surface area contributed by atoms with Crippen LogP contribution in [0.2, 0.25) is 0 Å². The van der Waals surface area contributed by atoms with Crippen molar-refractivity contribution in [2.75, 3.05) is 0 Å². The molecule has 0 spiro atoms.